The lowest BCUT2D eigenvalue weighted by atomic mass is 9.86. The van der Waals surface area contributed by atoms with E-state index in [1.165, 1.54) is 0 Å². The Kier molecular flexibility index (Phi) is 5.35. The Hall–Kier alpha value is -1.62. The Morgan fingerprint density at radius 2 is 2.20 bits per heavy atom. The van der Waals surface area contributed by atoms with Crippen LogP contribution in [0.2, 0.25) is 0 Å². The van der Waals surface area contributed by atoms with E-state index < -0.39 is 0 Å². The molecule has 2 N–H and O–H groups in total. The van der Waals surface area contributed by atoms with Crippen LogP contribution in [-0.2, 0) is 0 Å². The Balaban J connectivity index is 1.95. The van der Waals surface area contributed by atoms with Crippen molar-refractivity contribution in [3.8, 4) is 5.75 Å². The molecule has 0 radical (unpaired) electrons. The van der Waals surface area contributed by atoms with Crippen molar-refractivity contribution in [2.45, 2.75) is 38.6 Å². The number of carbonyl (C=O) groups is 1. The molecule has 5 heteroatoms. The molecule has 0 aromatic carbocycles. The maximum atomic E-state index is 12.3. The summed E-state index contributed by atoms with van der Waals surface area (Å²) < 4.78 is 5.43. The highest BCUT2D eigenvalue weighted by molar-refractivity contribution is 5.95. The van der Waals surface area contributed by atoms with Crippen LogP contribution < -0.4 is 10.1 Å². The fraction of sp³-hybridized carbons (Fsp3) is 0.600. The van der Waals surface area contributed by atoms with E-state index >= 15 is 0 Å². The highest BCUT2D eigenvalue weighted by atomic mass is 16.5. The van der Waals surface area contributed by atoms with Gasteiger partial charge in [0.2, 0.25) is 0 Å². The van der Waals surface area contributed by atoms with Crippen LogP contribution in [0.4, 0.5) is 0 Å². The molecule has 1 fully saturated rings. The first kappa shape index (κ1) is 14.8. The van der Waals surface area contributed by atoms with Gasteiger partial charge in [0.25, 0.3) is 5.91 Å². The minimum atomic E-state index is -0.179. The summed E-state index contributed by atoms with van der Waals surface area (Å²) in [5, 5.41) is 12.1. The first-order chi connectivity index (χ1) is 9.74. The average Bonchev–Trinajstić information content (AvgIpc) is 2.49. The summed E-state index contributed by atoms with van der Waals surface area (Å²) in [6, 6.07) is 3.68. The van der Waals surface area contributed by atoms with Crippen LogP contribution >= 0.6 is 0 Å². The van der Waals surface area contributed by atoms with Gasteiger partial charge in [0.15, 0.2) is 11.4 Å². The van der Waals surface area contributed by atoms with Crippen molar-refractivity contribution in [2.24, 2.45) is 5.92 Å². The highest BCUT2D eigenvalue weighted by Gasteiger charge is 2.23. The second-order valence-corrected chi connectivity index (χ2v) is 5.16. The predicted octanol–water partition coefficient (Wildman–Crippen LogP) is 1.76. The summed E-state index contributed by atoms with van der Waals surface area (Å²) >= 11 is 0. The summed E-state index contributed by atoms with van der Waals surface area (Å²) in [5.41, 5.74) is 0.346. The molecule has 0 atom stereocenters. The number of amides is 1. The molecule has 1 amide bonds. The van der Waals surface area contributed by atoms with Crippen molar-refractivity contribution >= 4 is 5.91 Å². The fourth-order valence-corrected chi connectivity index (χ4v) is 2.58. The molecule has 1 heterocycles. The summed E-state index contributed by atoms with van der Waals surface area (Å²) in [6.07, 6.45) is 5.34. The average molecular weight is 278 g/mol. The minimum absolute atomic E-state index is 0.168. The van der Waals surface area contributed by atoms with Gasteiger partial charge in [-0.1, -0.05) is 0 Å². The monoisotopic (exact) mass is 278 g/mol. The number of hydrogen-bond donors (Lipinski definition) is 2. The number of aromatic nitrogens is 1. The van der Waals surface area contributed by atoms with Crippen molar-refractivity contribution < 1.29 is 14.6 Å². The van der Waals surface area contributed by atoms with Crippen LogP contribution in [0.5, 0.6) is 5.75 Å². The van der Waals surface area contributed by atoms with Crippen LogP contribution in [-0.4, -0.2) is 35.3 Å². The summed E-state index contributed by atoms with van der Waals surface area (Å²) in [7, 11) is 0. The van der Waals surface area contributed by atoms with E-state index in [0.717, 1.165) is 25.7 Å². The number of carbonyl (C=O) groups excluding carboxylic acids is 1. The zero-order valence-electron chi connectivity index (χ0n) is 11.8. The maximum absolute atomic E-state index is 12.3. The first-order valence-corrected chi connectivity index (χ1v) is 7.24. The van der Waals surface area contributed by atoms with Gasteiger partial charge in [-0.25, -0.2) is 4.98 Å². The third-order valence-corrected chi connectivity index (χ3v) is 3.73. The van der Waals surface area contributed by atoms with E-state index in [0.29, 0.717) is 24.0 Å². The van der Waals surface area contributed by atoms with E-state index in [-0.39, 0.29) is 18.6 Å². The van der Waals surface area contributed by atoms with Crippen molar-refractivity contribution in [3.05, 3.63) is 24.0 Å². The molecular weight excluding hydrogens is 256 g/mol. The molecule has 0 bridgehead atoms. The van der Waals surface area contributed by atoms with E-state index in [1.807, 2.05) is 6.92 Å². The normalized spacial score (nSPS) is 22.3. The molecule has 110 valence electrons. The van der Waals surface area contributed by atoms with Gasteiger partial charge in [-0.3, -0.25) is 4.79 Å². The predicted molar refractivity (Wildman–Crippen MR) is 75.7 cm³/mol. The van der Waals surface area contributed by atoms with Crippen molar-refractivity contribution in [1.29, 1.82) is 0 Å². The number of hydrogen-bond acceptors (Lipinski definition) is 4. The Bertz CT molecular complexity index is 442. The van der Waals surface area contributed by atoms with Crippen LogP contribution in [0.3, 0.4) is 0 Å². The first-order valence-electron chi connectivity index (χ1n) is 7.24. The van der Waals surface area contributed by atoms with E-state index in [9.17, 15) is 4.79 Å². The number of pyridine rings is 1. The number of nitrogens with zero attached hydrogens (tertiary/aromatic N) is 1. The number of rotatable bonds is 5. The van der Waals surface area contributed by atoms with Gasteiger partial charge in [0.1, 0.15) is 0 Å². The lowest BCUT2D eigenvalue weighted by molar-refractivity contribution is 0.0904. The maximum Gasteiger partial charge on any atom is 0.273 e. The standard InChI is InChI=1S/C15H22N2O3/c1-2-20-13-4-3-9-16-14(13)15(19)17-12-7-5-11(10-18)6-8-12/h3-4,9,11-12,18H,2,5-8,10H2,1H3,(H,17,19). The molecular formula is C15H22N2O3. The fourth-order valence-electron chi connectivity index (χ4n) is 2.58. The van der Waals surface area contributed by atoms with Gasteiger partial charge >= 0.3 is 0 Å². The second kappa shape index (κ2) is 7.24. The summed E-state index contributed by atoms with van der Waals surface area (Å²) in [6.45, 7) is 2.63. The number of aliphatic hydroxyl groups excluding tert-OH is 1. The molecule has 5 nitrogen and oxygen atoms in total. The summed E-state index contributed by atoms with van der Waals surface area (Å²) in [4.78, 5) is 16.4. The molecule has 20 heavy (non-hydrogen) atoms. The van der Waals surface area contributed by atoms with Gasteiger partial charge in [0.05, 0.1) is 6.61 Å². The van der Waals surface area contributed by atoms with Crippen LogP contribution in [0.15, 0.2) is 18.3 Å². The molecule has 1 aromatic heterocycles. The smallest absolute Gasteiger partial charge is 0.273 e. The molecule has 1 saturated carbocycles. The third kappa shape index (κ3) is 3.70. The molecule has 1 aromatic rings. The van der Waals surface area contributed by atoms with Gasteiger partial charge in [-0.15, -0.1) is 0 Å². The van der Waals surface area contributed by atoms with Crippen molar-refractivity contribution in [2.75, 3.05) is 13.2 Å². The lowest BCUT2D eigenvalue weighted by Gasteiger charge is -2.27. The highest BCUT2D eigenvalue weighted by Crippen LogP contribution is 2.24. The van der Waals surface area contributed by atoms with Crippen LogP contribution in [0.25, 0.3) is 0 Å². The van der Waals surface area contributed by atoms with Gasteiger partial charge in [0, 0.05) is 18.8 Å². The molecule has 0 spiro atoms. The SMILES string of the molecule is CCOc1cccnc1C(=O)NC1CCC(CO)CC1. The number of aliphatic hydroxyl groups is 1. The van der Waals surface area contributed by atoms with Gasteiger partial charge in [-0.05, 0) is 50.7 Å². The zero-order chi connectivity index (χ0) is 14.4. The largest absolute Gasteiger partial charge is 0.491 e. The number of ether oxygens (including phenoxy) is 1. The van der Waals surface area contributed by atoms with Crippen molar-refractivity contribution in [1.82, 2.24) is 10.3 Å². The zero-order valence-corrected chi connectivity index (χ0v) is 11.8. The van der Waals surface area contributed by atoms with Gasteiger partial charge in [-0.2, -0.15) is 0 Å². The number of nitrogens with one attached hydrogen (secondary N) is 1. The third-order valence-electron chi connectivity index (χ3n) is 3.73. The van der Waals surface area contributed by atoms with E-state index in [4.69, 9.17) is 9.84 Å². The van der Waals surface area contributed by atoms with Crippen LogP contribution in [0.1, 0.15) is 43.1 Å². The second-order valence-electron chi connectivity index (χ2n) is 5.16. The Morgan fingerprint density at radius 3 is 2.85 bits per heavy atom. The lowest BCUT2D eigenvalue weighted by Crippen LogP contribution is -2.38. The van der Waals surface area contributed by atoms with E-state index in [1.54, 1.807) is 18.3 Å². The van der Waals surface area contributed by atoms with E-state index in [2.05, 4.69) is 10.3 Å². The van der Waals surface area contributed by atoms with Crippen LogP contribution in [0, 0.1) is 5.92 Å². The molecule has 1 aliphatic carbocycles. The topological polar surface area (TPSA) is 71.5 Å². The molecule has 2 rings (SSSR count). The summed E-state index contributed by atoms with van der Waals surface area (Å²) in [5.74, 6) is 0.732. The molecule has 1 aliphatic rings. The minimum Gasteiger partial charge on any atom is -0.491 e. The Labute approximate surface area is 119 Å². The molecule has 0 unspecified atom stereocenters. The quantitative estimate of drug-likeness (QED) is 0.861. The Morgan fingerprint density at radius 1 is 1.45 bits per heavy atom. The van der Waals surface area contributed by atoms with Crippen molar-refractivity contribution in [3.63, 3.8) is 0 Å². The van der Waals surface area contributed by atoms with Gasteiger partial charge < -0.3 is 15.2 Å². The molecule has 0 aliphatic heterocycles. The molecule has 0 saturated heterocycles.